The third-order valence-electron chi connectivity index (χ3n) is 7.47. The van der Waals surface area contributed by atoms with Gasteiger partial charge in [-0.25, -0.2) is 19.2 Å². The molecule has 0 saturated carbocycles. The Bertz CT molecular complexity index is 1570. The van der Waals surface area contributed by atoms with Crippen LogP contribution in [0.3, 0.4) is 0 Å². The number of nitriles is 1. The lowest BCUT2D eigenvalue weighted by molar-refractivity contribution is -0.165. The van der Waals surface area contributed by atoms with E-state index < -0.39 is 81.7 Å². The highest BCUT2D eigenvalue weighted by Gasteiger charge is 2.75. The lowest BCUT2D eigenvalue weighted by Gasteiger charge is -2.46. The number of carbonyl (C=O) groups excluding carboxylic acids is 6. The third-order valence-corrected chi connectivity index (χ3v) is 7.47. The zero-order valence-corrected chi connectivity index (χ0v) is 23.3. The van der Waals surface area contributed by atoms with E-state index in [9.17, 15) is 34.0 Å². The van der Waals surface area contributed by atoms with Gasteiger partial charge in [-0.05, 0) is 12.1 Å². The van der Waals surface area contributed by atoms with Crippen LogP contribution < -0.4 is 4.90 Å². The zero-order valence-electron chi connectivity index (χ0n) is 23.3. The predicted octanol–water partition coefficient (Wildman–Crippen LogP) is 0.244. The second-order valence-electron chi connectivity index (χ2n) is 9.01. The number of hydrogen-bond donors (Lipinski definition) is 0. The summed E-state index contributed by atoms with van der Waals surface area (Å²) in [5.41, 5.74) is -4.65. The number of carbonyl (C=O) groups is 6. The summed E-state index contributed by atoms with van der Waals surface area (Å²) < 4.78 is 31.1. The molecule has 1 aromatic carbocycles. The molecule has 0 N–H and O–H groups in total. The second-order valence-corrected chi connectivity index (χ2v) is 9.01. The maximum absolute atomic E-state index is 14.2. The first kappa shape index (κ1) is 29.6. The number of nitrogens with zero attached hydrogens (tertiary/aromatic N) is 3. The van der Waals surface area contributed by atoms with E-state index in [2.05, 4.69) is 0 Å². The van der Waals surface area contributed by atoms with Crippen LogP contribution in [-0.4, -0.2) is 89.1 Å². The van der Waals surface area contributed by atoms with Crippen molar-refractivity contribution in [3.8, 4) is 11.8 Å². The fourth-order valence-corrected chi connectivity index (χ4v) is 6.00. The molecule has 0 bridgehead atoms. The molecule has 1 aromatic heterocycles. The predicted molar refractivity (Wildman–Crippen MR) is 136 cm³/mol. The van der Waals surface area contributed by atoms with Crippen LogP contribution in [0.1, 0.15) is 32.1 Å². The maximum Gasteiger partial charge on any atom is 0.356 e. The van der Waals surface area contributed by atoms with Gasteiger partial charge in [-0.1, -0.05) is 12.1 Å². The van der Waals surface area contributed by atoms with Crippen molar-refractivity contribution in [3.63, 3.8) is 0 Å². The molecule has 15 nitrogen and oxygen atoms in total. The second kappa shape index (κ2) is 10.9. The number of ether oxygens (including phenoxy) is 6. The van der Waals surface area contributed by atoms with Crippen LogP contribution in [0.4, 0.5) is 5.69 Å². The Kier molecular flexibility index (Phi) is 7.67. The number of rotatable bonds is 6. The van der Waals surface area contributed by atoms with E-state index in [-0.39, 0.29) is 11.4 Å². The molecule has 1 saturated heterocycles. The van der Waals surface area contributed by atoms with Gasteiger partial charge < -0.3 is 37.9 Å². The van der Waals surface area contributed by atoms with Gasteiger partial charge in [0.1, 0.15) is 35.2 Å². The molecule has 2 aliphatic heterocycles. The Morgan fingerprint density at radius 2 is 1.33 bits per heavy atom. The van der Waals surface area contributed by atoms with Crippen molar-refractivity contribution >= 4 is 41.5 Å². The summed E-state index contributed by atoms with van der Waals surface area (Å²) in [4.78, 5) is 82.3. The van der Waals surface area contributed by atoms with Crippen LogP contribution in [0.2, 0.25) is 0 Å². The Hall–Kier alpha value is -5.39. The summed E-state index contributed by atoms with van der Waals surface area (Å²) in [6.45, 7) is 0. The summed E-state index contributed by atoms with van der Waals surface area (Å²) in [5, 5.41) is 10.5. The smallest absolute Gasteiger partial charge is 0.356 e. The first-order valence-corrected chi connectivity index (χ1v) is 12.1. The van der Waals surface area contributed by atoms with Gasteiger partial charge in [-0.3, -0.25) is 9.59 Å². The fourth-order valence-electron chi connectivity index (χ4n) is 6.00. The van der Waals surface area contributed by atoms with Gasteiger partial charge in [0.05, 0.1) is 65.3 Å². The lowest BCUT2D eigenvalue weighted by Crippen LogP contribution is -2.60. The number of benzene rings is 1. The number of fused-ring (bicyclic) bond motifs is 6. The first-order valence-electron chi connectivity index (χ1n) is 12.1. The molecule has 3 heterocycles. The zero-order chi connectivity index (χ0) is 31.1. The molecular formula is C27H25N3O12. The van der Waals surface area contributed by atoms with E-state index in [1.165, 1.54) is 24.3 Å². The molecular weight excluding hydrogens is 558 g/mol. The maximum atomic E-state index is 14.2. The molecule has 4 rings (SSSR count). The Labute approximate surface area is 238 Å². The number of methoxy groups -OCH3 is 6. The van der Waals surface area contributed by atoms with E-state index in [4.69, 9.17) is 28.4 Å². The van der Waals surface area contributed by atoms with Gasteiger partial charge >= 0.3 is 35.8 Å². The van der Waals surface area contributed by atoms with Crippen molar-refractivity contribution in [3.05, 3.63) is 46.8 Å². The van der Waals surface area contributed by atoms with Crippen molar-refractivity contribution in [2.24, 2.45) is 11.8 Å². The summed E-state index contributed by atoms with van der Waals surface area (Å²) in [5.74, 6) is -10.6. The topological polar surface area (TPSA) is 190 Å². The minimum Gasteiger partial charge on any atom is -0.469 e. The van der Waals surface area contributed by atoms with Crippen LogP contribution in [0, 0.1) is 23.2 Å². The molecule has 2 aliphatic rings. The van der Waals surface area contributed by atoms with Crippen molar-refractivity contribution in [2.45, 2.75) is 11.6 Å². The van der Waals surface area contributed by atoms with E-state index in [1.807, 2.05) is 6.07 Å². The van der Waals surface area contributed by atoms with Crippen LogP contribution >= 0.6 is 0 Å². The van der Waals surface area contributed by atoms with E-state index in [1.54, 1.807) is 0 Å². The van der Waals surface area contributed by atoms with Crippen LogP contribution in [-0.2, 0) is 53.1 Å². The molecule has 0 amide bonds. The van der Waals surface area contributed by atoms with Gasteiger partial charge in [0.15, 0.2) is 5.54 Å². The lowest BCUT2D eigenvalue weighted by atomic mass is 9.74. The quantitative estimate of drug-likeness (QED) is 0.332. The van der Waals surface area contributed by atoms with Gasteiger partial charge in [0, 0.05) is 0 Å². The molecule has 0 unspecified atom stereocenters. The SMILES string of the molecule is COC(=O)c1c(C#N)c2n(c1C(=O)OC)-c1ccccc1N1[C@H](C(=O)OC)[C@H](C(=O)OC)[C@@H](C(=O)OC)[C@]21C(=O)OC. The third kappa shape index (κ3) is 3.64. The number of para-hydroxylation sites is 2. The van der Waals surface area contributed by atoms with E-state index in [0.717, 1.165) is 52.1 Å². The molecule has 220 valence electrons. The van der Waals surface area contributed by atoms with Gasteiger partial charge in [-0.15, -0.1) is 0 Å². The molecule has 4 atom stereocenters. The van der Waals surface area contributed by atoms with Gasteiger partial charge in [-0.2, -0.15) is 5.26 Å². The van der Waals surface area contributed by atoms with Crippen LogP contribution in [0.25, 0.3) is 5.69 Å². The monoisotopic (exact) mass is 583 g/mol. The van der Waals surface area contributed by atoms with Gasteiger partial charge in [0.25, 0.3) is 0 Å². The standard InChI is InChI=1S/C27H25N3O12/c1-37-21(31)15-12(11-28)20-27(26(36)42-6)17(23(33)39-3)16(22(32)38-2)19(25(35)41-5)30(27)14-10-8-7-9-13(14)29(20)18(15)24(34)40-4/h7-10,16-17,19H,1-6H3/t16-,17+,19+,27-/m1/s1. The van der Waals surface area contributed by atoms with Crippen molar-refractivity contribution in [1.82, 2.24) is 4.57 Å². The van der Waals surface area contributed by atoms with Crippen molar-refractivity contribution in [2.75, 3.05) is 47.6 Å². The summed E-state index contributed by atoms with van der Waals surface area (Å²) in [7, 11) is 6.04. The van der Waals surface area contributed by atoms with E-state index >= 15 is 0 Å². The largest absolute Gasteiger partial charge is 0.469 e. The first-order chi connectivity index (χ1) is 20.1. The Balaban J connectivity index is 2.40. The highest BCUT2D eigenvalue weighted by atomic mass is 16.6. The minimum absolute atomic E-state index is 0.0205. The minimum atomic E-state index is -2.59. The highest BCUT2D eigenvalue weighted by molar-refractivity contribution is 6.10. The number of aromatic nitrogens is 1. The molecule has 0 spiro atoms. The van der Waals surface area contributed by atoms with Crippen molar-refractivity contribution in [1.29, 1.82) is 5.26 Å². The summed E-state index contributed by atoms with van der Waals surface area (Å²) >= 11 is 0. The average molecular weight is 584 g/mol. The Morgan fingerprint density at radius 3 is 1.83 bits per heavy atom. The molecule has 0 radical (unpaired) electrons. The van der Waals surface area contributed by atoms with Crippen molar-refractivity contribution < 1.29 is 57.2 Å². The van der Waals surface area contributed by atoms with Gasteiger partial charge in [0.2, 0.25) is 0 Å². The van der Waals surface area contributed by atoms with E-state index in [0.29, 0.717) is 0 Å². The molecule has 2 aromatic rings. The highest BCUT2D eigenvalue weighted by Crippen LogP contribution is 2.59. The van der Waals surface area contributed by atoms with Crippen LogP contribution in [0.15, 0.2) is 24.3 Å². The fraction of sp³-hybridized carbons (Fsp3) is 0.370. The Morgan fingerprint density at radius 1 is 0.762 bits per heavy atom. The molecule has 42 heavy (non-hydrogen) atoms. The van der Waals surface area contributed by atoms with Crippen LogP contribution in [0.5, 0.6) is 0 Å². The normalized spacial score (nSPS) is 21.5. The molecule has 1 fully saturated rings. The summed E-state index contributed by atoms with van der Waals surface area (Å²) in [6, 6.07) is 6.05. The number of anilines is 1. The summed E-state index contributed by atoms with van der Waals surface area (Å²) in [6.07, 6.45) is 0. The number of esters is 6. The number of hydrogen-bond acceptors (Lipinski definition) is 14. The molecule has 0 aliphatic carbocycles. The average Bonchev–Trinajstić information content (AvgIpc) is 3.55. The molecule has 15 heteroatoms.